The van der Waals surface area contributed by atoms with E-state index in [1.807, 2.05) is 0 Å². The molecule has 5 aliphatic carbocycles. The van der Waals surface area contributed by atoms with Gasteiger partial charge in [0.1, 0.15) is 0 Å². The van der Waals surface area contributed by atoms with Gasteiger partial charge in [-0.15, -0.1) is 0 Å². The van der Waals surface area contributed by atoms with Crippen molar-refractivity contribution in [3.8, 4) is 0 Å². The van der Waals surface area contributed by atoms with Gasteiger partial charge in [0.25, 0.3) is 0 Å². The number of rotatable bonds is 2. The van der Waals surface area contributed by atoms with E-state index in [1.165, 1.54) is 5.57 Å². The molecule has 0 bridgehead atoms. The normalized spacial score (nSPS) is 53.7. The molecule has 0 spiro atoms. The molecule has 10 atom stereocenters. The van der Waals surface area contributed by atoms with Gasteiger partial charge in [-0.05, 0) is 92.3 Å². The minimum atomic E-state index is -0.913. The molecule has 0 amide bonds. The van der Waals surface area contributed by atoms with Crippen LogP contribution in [0.4, 0.5) is 0 Å². The molecule has 0 unspecified atom stereocenters. The second kappa shape index (κ2) is 7.59. The fraction of sp³-hybridized carbons (Fsp3) is 0.867. The van der Waals surface area contributed by atoms with Crippen LogP contribution in [-0.2, 0) is 9.59 Å². The van der Waals surface area contributed by atoms with Gasteiger partial charge in [-0.2, -0.15) is 0 Å². The van der Waals surface area contributed by atoms with E-state index in [0.29, 0.717) is 32.1 Å². The Morgan fingerprint density at radius 3 is 2.08 bits per heavy atom. The predicted molar refractivity (Wildman–Crippen MR) is 136 cm³/mol. The fourth-order valence-electron chi connectivity index (χ4n) is 10.6. The molecule has 6 nitrogen and oxygen atoms in total. The standard InChI is InChI=1S/C30H46O6/c1-25(2)19-9-10-28(5)20(29(19,6)22(32)15-21(25)31)8-7-17-18-16-26(3,23(33)34)11-13-30(18,24(35)36)14-12-27(17,28)4/h7,18-22,31-32H,8-16H2,1-6H3,(H,33,34)(H,35,36)/t18-,19-,20-,21-,22-,26+,27+,28+,29-,30-/m0/s1. The number of allylic oxidation sites excluding steroid dienone is 2. The summed E-state index contributed by atoms with van der Waals surface area (Å²) in [5, 5.41) is 42.9. The Morgan fingerprint density at radius 1 is 0.833 bits per heavy atom. The summed E-state index contributed by atoms with van der Waals surface area (Å²) in [7, 11) is 0. The van der Waals surface area contributed by atoms with Gasteiger partial charge in [-0.1, -0.05) is 46.3 Å². The Kier molecular flexibility index (Phi) is 5.53. The Morgan fingerprint density at radius 2 is 1.47 bits per heavy atom. The first-order chi connectivity index (χ1) is 16.5. The average Bonchev–Trinajstić information content (AvgIpc) is 2.78. The maximum absolute atomic E-state index is 12.8. The first-order valence-corrected chi connectivity index (χ1v) is 14.0. The molecule has 0 aliphatic heterocycles. The molecule has 4 N–H and O–H groups in total. The zero-order chi connectivity index (χ0) is 26.7. The summed E-state index contributed by atoms with van der Waals surface area (Å²) in [6, 6.07) is 0. The number of carboxylic acid groups (broad SMARTS) is 2. The van der Waals surface area contributed by atoms with E-state index >= 15 is 0 Å². The van der Waals surface area contributed by atoms with E-state index in [-0.39, 0.29) is 39.4 Å². The predicted octanol–water partition coefficient (Wildman–Crippen LogP) is 5.27. The Bertz CT molecular complexity index is 1020. The maximum atomic E-state index is 12.8. The van der Waals surface area contributed by atoms with Crippen LogP contribution < -0.4 is 0 Å². The van der Waals surface area contributed by atoms with Crippen LogP contribution in [0.1, 0.15) is 99.3 Å². The quantitative estimate of drug-likeness (QED) is 0.383. The highest BCUT2D eigenvalue weighted by atomic mass is 16.4. The van der Waals surface area contributed by atoms with Crippen molar-refractivity contribution in [2.24, 2.45) is 50.2 Å². The minimum absolute atomic E-state index is 0.135. The minimum Gasteiger partial charge on any atom is -0.481 e. The summed E-state index contributed by atoms with van der Waals surface area (Å²) in [4.78, 5) is 25.0. The van der Waals surface area contributed by atoms with Crippen molar-refractivity contribution in [2.75, 3.05) is 0 Å². The van der Waals surface area contributed by atoms with E-state index in [0.717, 1.165) is 25.7 Å². The molecule has 6 heteroatoms. The molecule has 0 saturated heterocycles. The van der Waals surface area contributed by atoms with Crippen LogP contribution in [0.3, 0.4) is 0 Å². The van der Waals surface area contributed by atoms with Gasteiger partial charge in [0.15, 0.2) is 0 Å². The van der Waals surface area contributed by atoms with Crippen LogP contribution >= 0.6 is 0 Å². The second-order valence-electron chi connectivity index (χ2n) is 14.8. The second-order valence-corrected chi connectivity index (χ2v) is 14.8. The summed E-state index contributed by atoms with van der Waals surface area (Å²) in [5.74, 6) is -1.46. The van der Waals surface area contributed by atoms with Crippen LogP contribution in [-0.4, -0.2) is 44.6 Å². The number of fused-ring (bicyclic) bond motifs is 7. The Balaban J connectivity index is 1.62. The van der Waals surface area contributed by atoms with Crippen molar-refractivity contribution < 1.29 is 30.0 Å². The third kappa shape index (κ3) is 2.92. The van der Waals surface area contributed by atoms with E-state index in [1.54, 1.807) is 6.92 Å². The lowest BCUT2D eigenvalue weighted by Gasteiger charge is -2.71. The summed E-state index contributed by atoms with van der Waals surface area (Å²) in [6.07, 6.45) is 6.77. The Hall–Kier alpha value is -1.40. The van der Waals surface area contributed by atoms with Gasteiger partial charge in [0.2, 0.25) is 0 Å². The zero-order valence-electron chi connectivity index (χ0n) is 22.9. The number of carbonyl (C=O) groups is 2. The molecule has 0 aromatic rings. The zero-order valence-corrected chi connectivity index (χ0v) is 22.9. The highest BCUT2D eigenvalue weighted by Gasteiger charge is 2.71. The third-order valence-electron chi connectivity index (χ3n) is 13.4. The molecule has 0 aromatic carbocycles. The van der Waals surface area contributed by atoms with E-state index < -0.39 is 35.0 Å². The van der Waals surface area contributed by atoms with E-state index in [4.69, 9.17) is 0 Å². The van der Waals surface area contributed by atoms with Gasteiger partial charge in [-0.25, -0.2) is 0 Å². The van der Waals surface area contributed by atoms with Crippen LogP contribution in [0.15, 0.2) is 11.6 Å². The van der Waals surface area contributed by atoms with Gasteiger partial charge in [0.05, 0.1) is 23.0 Å². The average molecular weight is 503 g/mol. The third-order valence-corrected chi connectivity index (χ3v) is 13.4. The lowest BCUT2D eigenvalue weighted by molar-refractivity contribution is -0.243. The van der Waals surface area contributed by atoms with Gasteiger partial charge in [0, 0.05) is 11.8 Å². The van der Waals surface area contributed by atoms with E-state index in [2.05, 4.69) is 40.7 Å². The summed E-state index contributed by atoms with van der Waals surface area (Å²) in [6.45, 7) is 13.0. The van der Waals surface area contributed by atoms with Crippen LogP contribution in [0.2, 0.25) is 0 Å². The van der Waals surface area contributed by atoms with Crippen LogP contribution in [0, 0.1) is 50.2 Å². The highest BCUT2D eigenvalue weighted by molar-refractivity contribution is 5.79. The summed E-state index contributed by atoms with van der Waals surface area (Å²) < 4.78 is 0. The van der Waals surface area contributed by atoms with Crippen LogP contribution in [0.5, 0.6) is 0 Å². The molecule has 5 aliphatic rings. The van der Waals surface area contributed by atoms with Crippen molar-refractivity contribution in [3.05, 3.63) is 11.6 Å². The monoisotopic (exact) mass is 502 g/mol. The molecule has 4 saturated carbocycles. The lowest BCUT2D eigenvalue weighted by atomic mass is 9.33. The molecule has 36 heavy (non-hydrogen) atoms. The van der Waals surface area contributed by atoms with Crippen molar-refractivity contribution in [1.29, 1.82) is 0 Å². The fourth-order valence-corrected chi connectivity index (χ4v) is 10.6. The molecule has 0 radical (unpaired) electrons. The van der Waals surface area contributed by atoms with Crippen molar-refractivity contribution in [3.63, 3.8) is 0 Å². The smallest absolute Gasteiger partial charge is 0.310 e. The molecular formula is C30H46O6. The molecular weight excluding hydrogens is 456 g/mol. The van der Waals surface area contributed by atoms with Gasteiger partial charge in [-0.3, -0.25) is 9.59 Å². The number of hydrogen-bond acceptors (Lipinski definition) is 4. The lowest BCUT2D eigenvalue weighted by Crippen LogP contribution is -2.68. The molecule has 202 valence electrons. The number of aliphatic carboxylic acids is 2. The summed E-state index contributed by atoms with van der Waals surface area (Å²) in [5.41, 5.74) is -1.63. The van der Waals surface area contributed by atoms with Crippen molar-refractivity contribution >= 4 is 11.9 Å². The maximum Gasteiger partial charge on any atom is 0.310 e. The first kappa shape index (κ1) is 26.2. The Labute approximate surface area is 215 Å². The van der Waals surface area contributed by atoms with Gasteiger partial charge < -0.3 is 20.4 Å². The SMILES string of the molecule is CC1(C)[C@@H](O)C[C@H](O)[C@]2(C)[C@H]3CC=C4[C@@H]5C[C@](C)(C(=O)O)CC[C@]5(C(=O)O)CC[C@@]4(C)[C@]3(C)CC[C@@H]12. The van der Waals surface area contributed by atoms with Crippen LogP contribution in [0.25, 0.3) is 0 Å². The van der Waals surface area contributed by atoms with Crippen molar-refractivity contribution in [2.45, 2.75) is 112 Å². The highest BCUT2D eigenvalue weighted by Crippen LogP contribution is 2.75. The van der Waals surface area contributed by atoms with Crippen molar-refractivity contribution in [1.82, 2.24) is 0 Å². The topological polar surface area (TPSA) is 115 Å². The molecule has 4 fully saturated rings. The molecule has 0 heterocycles. The molecule has 0 aromatic heterocycles. The first-order valence-electron chi connectivity index (χ1n) is 14.0. The number of carboxylic acids is 2. The number of aliphatic hydroxyl groups is 2. The summed E-state index contributed by atoms with van der Waals surface area (Å²) >= 11 is 0. The van der Waals surface area contributed by atoms with Gasteiger partial charge >= 0.3 is 11.9 Å². The van der Waals surface area contributed by atoms with E-state index in [9.17, 15) is 30.0 Å². The largest absolute Gasteiger partial charge is 0.481 e. The number of aliphatic hydroxyl groups excluding tert-OH is 2. The molecule has 5 rings (SSSR count). The number of hydrogen-bond donors (Lipinski definition) is 4.